The second-order valence-corrected chi connectivity index (χ2v) is 5.33. The zero-order valence-corrected chi connectivity index (χ0v) is 10.8. The minimum Gasteiger partial charge on any atom is -0.381 e. The fourth-order valence-corrected chi connectivity index (χ4v) is 2.87. The molecule has 0 aliphatic carbocycles. The standard InChI is InChI=1S/C13H22N4O/c14-11-1-5-16(9-11)13-2-6-17(10-15-13)12-3-7-18-8-4-12/h2,6,11-12H,1,3-5,7-10,14H2/t11-/m1/s1. The van der Waals surface area contributed by atoms with Gasteiger partial charge in [-0.1, -0.05) is 0 Å². The number of ether oxygens (including phenoxy) is 1. The lowest BCUT2D eigenvalue weighted by Gasteiger charge is -2.34. The van der Waals surface area contributed by atoms with E-state index in [4.69, 9.17) is 10.5 Å². The van der Waals surface area contributed by atoms with Crippen LogP contribution in [0.25, 0.3) is 0 Å². The Bertz CT molecular complexity index is 349. The Morgan fingerprint density at radius 2 is 2.11 bits per heavy atom. The first-order valence-electron chi connectivity index (χ1n) is 6.89. The van der Waals surface area contributed by atoms with Crippen LogP contribution < -0.4 is 5.73 Å². The van der Waals surface area contributed by atoms with E-state index in [1.165, 1.54) is 0 Å². The summed E-state index contributed by atoms with van der Waals surface area (Å²) in [6.07, 6.45) is 7.64. The molecule has 5 heteroatoms. The minimum atomic E-state index is 0.314. The van der Waals surface area contributed by atoms with E-state index in [2.05, 4.69) is 27.1 Å². The van der Waals surface area contributed by atoms with E-state index < -0.39 is 0 Å². The molecule has 3 heterocycles. The number of nitrogens with zero attached hydrogens (tertiary/aromatic N) is 3. The summed E-state index contributed by atoms with van der Waals surface area (Å²) in [6.45, 7) is 4.53. The molecule has 2 fully saturated rings. The number of amidine groups is 1. The van der Waals surface area contributed by atoms with Gasteiger partial charge in [0.15, 0.2) is 0 Å². The molecule has 0 spiro atoms. The van der Waals surface area contributed by atoms with Gasteiger partial charge in [-0.2, -0.15) is 0 Å². The third kappa shape index (κ3) is 2.52. The predicted octanol–water partition coefficient (Wildman–Crippen LogP) is 0.384. The van der Waals surface area contributed by atoms with Crippen molar-refractivity contribution in [3.05, 3.63) is 12.3 Å². The van der Waals surface area contributed by atoms with Crippen LogP contribution in [-0.2, 0) is 4.74 Å². The molecule has 0 bridgehead atoms. The van der Waals surface area contributed by atoms with E-state index in [-0.39, 0.29) is 0 Å². The van der Waals surface area contributed by atoms with Crippen molar-refractivity contribution in [3.8, 4) is 0 Å². The van der Waals surface area contributed by atoms with E-state index in [0.29, 0.717) is 12.1 Å². The average molecular weight is 250 g/mol. The third-order valence-electron chi connectivity index (χ3n) is 4.02. The highest BCUT2D eigenvalue weighted by Gasteiger charge is 2.24. The van der Waals surface area contributed by atoms with Crippen LogP contribution in [0, 0.1) is 0 Å². The smallest absolute Gasteiger partial charge is 0.127 e. The van der Waals surface area contributed by atoms with Crippen LogP contribution in [-0.4, -0.2) is 60.7 Å². The summed E-state index contributed by atoms with van der Waals surface area (Å²) in [5.74, 6) is 1.10. The van der Waals surface area contributed by atoms with Gasteiger partial charge in [0.2, 0.25) is 0 Å². The molecular weight excluding hydrogens is 228 g/mol. The van der Waals surface area contributed by atoms with Crippen LogP contribution >= 0.6 is 0 Å². The maximum absolute atomic E-state index is 5.93. The van der Waals surface area contributed by atoms with Crippen LogP contribution in [0.5, 0.6) is 0 Å². The van der Waals surface area contributed by atoms with Crippen LogP contribution in [0.4, 0.5) is 0 Å². The van der Waals surface area contributed by atoms with Crippen LogP contribution in [0.2, 0.25) is 0 Å². The predicted molar refractivity (Wildman–Crippen MR) is 71.3 cm³/mol. The van der Waals surface area contributed by atoms with Gasteiger partial charge in [-0.15, -0.1) is 0 Å². The van der Waals surface area contributed by atoms with Gasteiger partial charge in [-0.05, 0) is 25.3 Å². The Morgan fingerprint density at radius 3 is 2.72 bits per heavy atom. The first-order chi connectivity index (χ1) is 8.83. The van der Waals surface area contributed by atoms with Crippen molar-refractivity contribution in [2.45, 2.75) is 31.3 Å². The second kappa shape index (κ2) is 5.28. The maximum Gasteiger partial charge on any atom is 0.127 e. The van der Waals surface area contributed by atoms with E-state index in [9.17, 15) is 0 Å². The topological polar surface area (TPSA) is 54.1 Å². The number of aliphatic imine (C=N–C) groups is 1. The number of likely N-dealkylation sites (tertiary alicyclic amines) is 1. The molecule has 3 aliphatic heterocycles. The number of rotatable bonds is 1. The summed E-state index contributed by atoms with van der Waals surface area (Å²) in [7, 11) is 0. The van der Waals surface area contributed by atoms with Crippen LogP contribution in [0.15, 0.2) is 17.3 Å². The fourth-order valence-electron chi connectivity index (χ4n) is 2.87. The molecule has 18 heavy (non-hydrogen) atoms. The van der Waals surface area contributed by atoms with Gasteiger partial charge in [-0.25, -0.2) is 4.99 Å². The van der Waals surface area contributed by atoms with Crippen molar-refractivity contribution in [2.24, 2.45) is 10.7 Å². The Kier molecular flexibility index (Phi) is 3.52. The van der Waals surface area contributed by atoms with Crippen molar-refractivity contribution in [2.75, 3.05) is 33.0 Å². The molecular formula is C13H22N4O. The Hall–Kier alpha value is -1.07. The minimum absolute atomic E-state index is 0.314. The summed E-state index contributed by atoms with van der Waals surface area (Å²) in [5, 5.41) is 0. The highest BCUT2D eigenvalue weighted by Crippen LogP contribution is 2.18. The zero-order valence-electron chi connectivity index (χ0n) is 10.8. The summed E-state index contributed by atoms with van der Waals surface area (Å²) < 4.78 is 5.40. The molecule has 0 aromatic carbocycles. The molecule has 3 rings (SSSR count). The molecule has 0 aromatic heterocycles. The van der Waals surface area contributed by atoms with Crippen LogP contribution in [0.1, 0.15) is 19.3 Å². The van der Waals surface area contributed by atoms with Gasteiger partial charge in [-0.3, -0.25) is 0 Å². The second-order valence-electron chi connectivity index (χ2n) is 5.33. The van der Waals surface area contributed by atoms with Crippen molar-refractivity contribution in [3.63, 3.8) is 0 Å². The molecule has 0 radical (unpaired) electrons. The Labute approximate surface area is 108 Å². The van der Waals surface area contributed by atoms with Crippen molar-refractivity contribution in [1.82, 2.24) is 9.80 Å². The molecule has 0 aromatic rings. The monoisotopic (exact) mass is 250 g/mol. The first-order valence-corrected chi connectivity index (χ1v) is 6.89. The molecule has 3 aliphatic rings. The van der Waals surface area contributed by atoms with Crippen molar-refractivity contribution >= 4 is 5.84 Å². The molecule has 100 valence electrons. The van der Waals surface area contributed by atoms with E-state index in [1.54, 1.807) is 0 Å². The summed E-state index contributed by atoms with van der Waals surface area (Å²) in [5.41, 5.74) is 5.93. The Morgan fingerprint density at radius 1 is 1.28 bits per heavy atom. The fraction of sp³-hybridized carbons (Fsp3) is 0.769. The molecule has 1 atom stereocenters. The molecule has 0 saturated carbocycles. The third-order valence-corrected chi connectivity index (χ3v) is 4.02. The van der Waals surface area contributed by atoms with Crippen molar-refractivity contribution in [1.29, 1.82) is 0 Å². The molecule has 2 saturated heterocycles. The highest BCUT2D eigenvalue weighted by atomic mass is 16.5. The Balaban J connectivity index is 1.56. The van der Waals surface area contributed by atoms with Gasteiger partial charge >= 0.3 is 0 Å². The van der Waals surface area contributed by atoms with E-state index in [1.807, 2.05) is 0 Å². The van der Waals surface area contributed by atoms with Crippen molar-refractivity contribution < 1.29 is 4.74 Å². The highest BCUT2D eigenvalue weighted by molar-refractivity contribution is 5.93. The number of hydrogen-bond acceptors (Lipinski definition) is 5. The maximum atomic E-state index is 5.93. The number of nitrogens with two attached hydrogens (primary N) is 1. The van der Waals surface area contributed by atoms with Gasteiger partial charge in [0, 0.05) is 44.6 Å². The van der Waals surface area contributed by atoms with E-state index in [0.717, 1.165) is 58.1 Å². The van der Waals surface area contributed by atoms with E-state index >= 15 is 0 Å². The largest absolute Gasteiger partial charge is 0.381 e. The molecule has 0 amide bonds. The average Bonchev–Trinajstić information content (AvgIpc) is 2.87. The quantitative estimate of drug-likeness (QED) is 0.731. The lowest BCUT2D eigenvalue weighted by molar-refractivity contribution is 0.0498. The van der Waals surface area contributed by atoms with Gasteiger partial charge in [0.1, 0.15) is 12.5 Å². The van der Waals surface area contributed by atoms with Crippen LogP contribution in [0.3, 0.4) is 0 Å². The SMILES string of the molecule is N[C@@H]1CCN(C2=NCN(C3CCOCC3)C=C2)C1. The molecule has 0 unspecified atom stereocenters. The number of hydrogen-bond donors (Lipinski definition) is 1. The molecule has 5 nitrogen and oxygen atoms in total. The van der Waals surface area contributed by atoms with Gasteiger partial charge in [0.25, 0.3) is 0 Å². The lowest BCUT2D eigenvalue weighted by Crippen LogP contribution is -2.40. The zero-order chi connectivity index (χ0) is 12.4. The normalized spacial score (nSPS) is 29.8. The molecule has 2 N–H and O–H groups in total. The summed E-state index contributed by atoms with van der Waals surface area (Å²) >= 11 is 0. The summed E-state index contributed by atoms with van der Waals surface area (Å²) in [4.78, 5) is 9.32. The van der Waals surface area contributed by atoms with Gasteiger partial charge < -0.3 is 20.3 Å². The first kappa shape index (κ1) is 12.0. The summed E-state index contributed by atoms with van der Waals surface area (Å²) in [6, 6.07) is 0.913. The van der Waals surface area contributed by atoms with Gasteiger partial charge in [0.05, 0.1) is 0 Å². The lowest BCUT2D eigenvalue weighted by atomic mass is 10.1.